The SMILES string of the molecule is CCn1ncnc1COc1ccc(F)cc1[B-](F)(F)F.[K+]. The largest absolute Gasteiger partial charge is 1.00 e. The number of ether oxygens (including phenoxy) is 1. The summed E-state index contributed by atoms with van der Waals surface area (Å²) in [5.74, 6) is -0.967. The normalized spacial score (nSPS) is 11.1. The van der Waals surface area contributed by atoms with Crippen molar-refractivity contribution in [3.05, 3.63) is 36.2 Å². The van der Waals surface area contributed by atoms with Gasteiger partial charge in [-0.3, -0.25) is 0 Å². The Kier molecular flexibility index (Phi) is 6.85. The van der Waals surface area contributed by atoms with E-state index in [9.17, 15) is 17.3 Å². The Balaban J connectivity index is 0.00000220. The van der Waals surface area contributed by atoms with Crippen molar-refractivity contribution in [2.24, 2.45) is 0 Å². The molecule has 0 aliphatic carbocycles. The van der Waals surface area contributed by atoms with Crippen LogP contribution in [0.25, 0.3) is 0 Å². The second kappa shape index (κ2) is 7.73. The monoisotopic (exact) mass is 327 g/mol. The van der Waals surface area contributed by atoms with Crippen LogP contribution >= 0.6 is 0 Å². The molecule has 0 atom stereocenters. The first-order valence-corrected chi connectivity index (χ1v) is 5.90. The van der Waals surface area contributed by atoms with E-state index in [1.54, 1.807) is 0 Å². The summed E-state index contributed by atoms with van der Waals surface area (Å²) in [7, 11) is 0. The first-order chi connectivity index (χ1) is 9.41. The molecular formula is C11H11BF4KN3O. The minimum absolute atomic E-state index is 0. The summed E-state index contributed by atoms with van der Waals surface area (Å²) in [5.41, 5.74) is -1.09. The number of aryl methyl sites for hydroxylation is 1. The van der Waals surface area contributed by atoms with Gasteiger partial charge in [-0.15, -0.1) is 0 Å². The van der Waals surface area contributed by atoms with Crippen molar-refractivity contribution in [3.8, 4) is 5.75 Å². The van der Waals surface area contributed by atoms with E-state index in [1.165, 1.54) is 11.0 Å². The first kappa shape index (κ1) is 18.6. The van der Waals surface area contributed by atoms with Crippen LogP contribution in [0.3, 0.4) is 0 Å². The Labute approximate surface area is 161 Å². The van der Waals surface area contributed by atoms with Gasteiger partial charge in [0.1, 0.15) is 18.8 Å². The van der Waals surface area contributed by atoms with Gasteiger partial charge in [-0.25, -0.2) is 14.1 Å². The van der Waals surface area contributed by atoms with Crippen LogP contribution in [0.15, 0.2) is 24.5 Å². The smallest absolute Gasteiger partial charge is 0.489 e. The molecule has 0 spiro atoms. The summed E-state index contributed by atoms with van der Waals surface area (Å²) in [5, 5.41) is 3.88. The van der Waals surface area contributed by atoms with E-state index in [4.69, 9.17) is 4.74 Å². The predicted molar refractivity (Wildman–Crippen MR) is 65.1 cm³/mol. The molecule has 0 aliphatic heterocycles. The predicted octanol–water partition coefficient (Wildman–Crippen LogP) is -0.925. The maximum absolute atomic E-state index is 12.9. The molecule has 21 heavy (non-hydrogen) atoms. The molecule has 0 saturated heterocycles. The van der Waals surface area contributed by atoms with Crippen LogP contribution in [0.1, 0.15) is 12.7 Å². The van der Waals surface area contributed by atoms with Crippen LogP contribution in [-0.2, 0) is 13.2 Å². The van der Waals surface area contributed by atoms with E-state index >= 15 is 0 Å². The molecule has 0 fully saturated rings. The number of hydrogen-bond acceptors (Lipinski definition) is 3. The van der Waals surface area contributed by atoms with Gasteiger partial charge in [0, 0.05) is 6.54 Å². The average molecular weight is 327 g/mol. The van der Waals surface area contributed by atoms with E-state index in [0.29, 0.717) is 18.4 Å². The number of aromatic nitrogens is 3. The summed E-state index contributed by atoms with van der Waals surface area (Å²) in [4.78, 5) is 3.89. The van der Waals surface area contributed by atoms with E-state index in [-0.39, 0.29) is 58.0 Å². The molecule has 0 bridgehead atoms. The van der Waals surface area contributed by atoms with Crippen molar-refractivity contribution in [1.29, 1.82) is 0 Å². The average Bonchev–Trinajstić information content (AvgIpc) is 2.83. The van der Waals surface area contributed by atoms with Gasteiger partial charge in [-0.05, 0) is 25.1 Å². The van der Waals surface area contributed by atoms with Crippen molar-refractivity contribution in [3.63, 3.8) is 0 Å². The van der Waals surface area contributed by atoms with Crippen LogP contribution < -0.4 is 61.6 Å². The molecule has 0 radical (unpaired) electrons. The number of rotatable bonds is 5. The number of hydrogen-bond donors (Lipinski definition) is 0. The zero-order valence-electron chi connectivity index (χ0n) is 11.6. The minimum atomic E-state index is -5.35. The number of halogens is 4. The molecule has 0 saturated carbocycles. The summed E-state index contributed by atoms with van der Waals surface area (Å²) < 4.78 is 58.0. The van der Waals surface area contributed by atoms with Gasteiger partial charge in [0.25, 0.3) is 0 Å². The zero-order chi connectivity index (χ0) is 14.8. The Morgan fingerprint density at radius 1 is 1.29 bits per heavy atom. The van der Waals surface area contributed by atoms with Gasteiger partial charge < -0.3 is 17.7 Å². The fourth-order valence-electron chi connectivity index (χ4n) is 1.71. The Bertz CT molecular complexity index is 605. The van der Waals surface area contributed by atoms with Crippen LogP contribution in [0.2, 0.25) is 0 Å². The van der Waals surface area contributed by atoms with E-state index in [1.807, 2.05) is 6.92 Å². The van der Waals surface area contributed by atoms with E-state index in [0.717, 1.165) is 12.1 Å². The second-order valence-electron chi connectivity index (χ2n) is 4.04. The molecule has 0 N–H and O–H groups in total. The topological polar surface area (TPSA) is 39.9 Å². The molecule has 1 aromatic heterocycles. The molecule has 10 heteroatoms. The van der Waals surface area contributed by atoms with Gasteiger partial charge in [-0.2, -0.15) is 5.10 Å². The van der Waals surface area contributed by atoms with Gasteiger partial charge in [0.05, 0.1) is 5.75 Å². The van der Waals surface area contributed by atoms with Gasteiger partial charge in [0.15, 0.2) is 5.82 Å². The van der Waals surface area contributed by atoms with E-state index < -0.39 is 24.0 Å². The Morgan fingerprint density at radius 2 is 2.00 bits per heavy atom. The molecular weight excluding hydrogens is 316 g/mol. The molecule has 2 aromatic rings. The van der Waals surface area contributed by atoms with E-state index in [2.05, 4.69) is 10.1 Å². The van der Waals surface area contributed by atoms with Gasteiger partial charge in [-0.1, -0.05) is 5.46 Å². The van der Waals surface area contributed by atoms with Crippen molar-refractivity contribution in [2.45, 2.75) is 20.1 Å². The fourth-order valence-corrected chi connectivity index (χ4v) is 1.71. The third-order valence-corrected chi connectivity index (χ3v) is 2.68. The number of nitrogens with zero attached hydrogens (tertiary/aromatic N) is 3. The summed E-state index contributed by atoms with van der Waals surface area (Å²) in [6.07, 6.45) is 1.29. The third kappa shape index (κ3) is 4.78. The van der Waals surface area contributed by atoms with Gasteiger partial charge >= 0.3 is 58.4 Å². The van der Waals surface area contributed by atoms with Crippen molar-refractivity contribution in [1.82, 2.24) is 14.8 Å². The molecule has 1 heterocycles. The van der Waals surface area contributed by atoms with Crippen LogP contribution in [0.4, 0.5) is 17.3 Å². The Morgan fingerprint density at radius 3 is 2.62 bits per heavy atom. The molecule has 1 aromatic carbocycles. The molecule has 4 nitrogen and oxygen atoms in total. The summed E-state index contributed by atoms with van der Waals surface area (Å²) >= 11 is 0. The zero-order valence-corrected chi connectivity index (χ0v) is 14.7. The molecule has 0 aliphatic rings. The molecule has 108 valence electrons. The molecule has 0 amide bonds. The second-order valence-corrected chi connectivity index (χ2v) is 4.04. The van der Waals surface area contributed by atoms with Crippen LogP contribution in [0.5, 0.6) is 5.75 Å². The van der Waals surface area contributed by atoms with Crippen molar-refractivity contribution in [2.75, 3.05) is 0 Å². The first-order valence-electron chi connectivity index (χ1n) is 5.90. The maximum Gasteiger partial charge on any atom is 1.00 e. The summed E-state index contributed by atoms with van der Waals surface area (Å²) in [6, 6.07) is 2.32. The summed E-state index contributed by atoms with van der Waals surface area (Å²) in [6.45, 7) is -3.17. The van der Waals surface area contributed by atoms with Gasteiger partial charge in [0.2, 0.25) is 0 Å². The van der Waals surface area contributed by atoms with Crippen molar-refractivity contribution >= 4 is 12.4 Å². The van der Waals surface area contributed by atoms with Crippen molar-refractivity contribution < 1.29 is 73.5 Å². The number of benzene rings is 1. The molecule has 2 rings (SSSR count). The fraction of sp³-hybridized carbons (Fsp3) is 0.273. The maximum atomic E-state index is 12.9. The standard InChI is InChI=1S/C11H11BF4N3O.K/c1-2-19-11(17-7-18-19)6-20-10-4-3-8(13)5-9(10)12(14,15)16;/h3-5,7H,2,6H2,1H3;/q-1;+1. The van der Waals surface area contributed by atoms with Crippen LogP contribution in [-0.4, -0.2) is 21.7 Å². The Hall–Kier alpha value is -0.419. The van der Waals surface area contributed by atoms with Crippen LogP contribution in [0, 0.1) is 5.82 Å². The third-order valence-electron chi connectivity index (χ3n) is 2.68. The minimum Gasteiger partial charge on any atom is -0.489 e. The quantitative estimate of drug-likeness (QED) is 0.527. The molecule has 0 unspecified atom stereocenters.